The largest absolute Gasteiger partial charge is 0.351 e. The maximum Gasteiger partial charge on any atom is 0.253 e. The Kier molecular flexibility index (Phi) is 4.22. The van der Waals surface area contributed by atoms with E-state index < -0.39 is 0 Å². The van der Waals surface area contributed by atoms with Gasteiger partial charge >= 0.3 is 0 Å². The van der Waals surface area contributed by atoms with E-state index >= 15 is 0 Å². The van der Waals surface area contributed by atoms with Gasteiger partial charge in [0.25, 0.3) is 5.91 Å². The topological polar surface area (TPSA) is 58.1 Å². The summed E-state index contributed by atoms with van der Waals surface area (Å²) in [6, 6.07) is 5.53. The van der Waals surface area contributed by atoms with Gasteiger partial charge in [-0.2, -0.15) is 8.75 Å². The van der Waals surface area contributed by atoms with Crippen LogP contribution in [-0.2, 0) is 0 Å². The summed E-state index contributed by atoms with van der Waals surface area (Å²) < 4.78 is 8.35. The fourth-order valence-electron chi connectivity index (χ4n) is 2.60. The molecule has 0 unspecified atom stereocenters. The zero-order valence-electron chi connectivity index (χ0n) is 11.3. The molecule has 1 amide bonds. The zero-order valence-corrected chi connectivity index (χ0v) is 12.2. The molecule has 5 nitrogen and oxygen atoms in total. The number of carbonyl (C=O) groups is 1. The molecule has 1 aromatic carbocycles. The molecule has 1 saturated heterocycles. The first-order chi connectivity index (χ1) is 9.84. The first-order valence-corrected chi connectivity index (χ1v) is 7.79. The highest BCUT2D eigenvalue weighted by atomic mass is 32.1. The van der Waals surface area contributed by atoms with Gasteiger partial charge in [-0.15, -0.1) is 0 Å². The van der Waals surface area contributed by atoms with Gasteiger partial charge in [-0.25, -0.2) is 0 Å². The van der Waals surface area contributed by atoms with Crippen LogP contribution in [0.1, 0.15) is 29.6 Å². The molecule has 0 radical (unpaired) electrons. The molecule has 20 heavy (non-hydrogen) atoms. The van der Waals surface area contributed by atoms with E-state index in [1.165, 1.54) is 19.3 Å². The quantitative estimate of drug-likeness (QED) is 0.934. The number of rotatable bonds is 4. The highest BCUT2D eigenvalue weighted by molar-refractivity contribution is 7.00. The molecular formula is C14H18N4OS. The average molecular weight is 290 g/mol. The number of fused-ring (bicyclic) bond motifs is 1. The number of aromatic nitrogens is 2. The summed E-state index contributed by atoms with van der Waals surface area (Å²) in [7, 11) is 0. The van der Waals surface area contributed by atoms with Crippen molar-refractivity contribution in [2.75, 3.05) is 26.2 Å². The van der Waals surface area contributed by atoms with E-state index in [-0.39, 0.29) is 5.91 Å². The zero-order chi connectivity index (χ0) is 13.8. The SMILES string of the molecule is O=C(NCCN1CCCCC1)c1cccc2nsnc12. The van der Waals surface area contributed by atoms with Crippen molar-refractivity contribution in [3.8, 4) is 0 Å². The highest BCUT2D eigenvalue weighted by Gasteiger charge is 2.13. The third-order valence-electron chi connectivity index (χ3n) is 3.69. The average Bonchev–Trinajstić information content (AvgIpc) is 2.96. The molecule has 2 aromatic rings. The normalized spacial score (nSPS) is 16.4. The second-order valence-corrected chi connectivity index (χ2v) is 5.62. The third kappa shape index (κ3) is 2.96. The Hall–Kier alpha value is -1.53. The molecule has 0 spiro atoms. The number of piperidine rings is 1. The smallest absolute Gasteiger partial charge is 0.253 e. The number of nitrogens with one attached hydrogen (secondary N) is 1. The second kappa shape index (κ2) is 6.28. The summed E-state index contributed by atoms with van der Waals surface area (Å²) in [6.45, 7) is 3.92. The molecule has 0 bridgehead atoms. The monoisotopic (exact) mass is 290 g/mol. The standard InChI is InChI=1S/C14H18N4OS/c19-14(15-7-10-18-8-2-1-3-9-18)11-5-4-6-12-13(11)17-20-16-12/h4-6H,1-3,7-10H2,(H,15,19). The number of nitrogens with zero attached hydrogens (tertiary/aromatic N) is 3. The van der Waals surface area contributed by atoms with Gasteiger partial charge in [-0.3, -0.25) is 4.79 Å². The van der Waals surface area contributed by atoms with E-state index in [9.17, 15) is 4.79 Å². The molecule has 0 atom stereocenters. The van der Waals surface area contributed by atoms with Crippen molar-refractivity contribution in [3.05, 3.63) is 23.8 Å². The molecule has 106 valence electrons. The molecule has 1 N–H and O–H groups in total. The Balaban J connectivity index is 1.57. The molecule has 1 aliphatic heterocycles. The Morgan fingerprint density at radius 2 is 2.10 bits per heavy atom. The molecule has 0 saturated carbocycles. The first-order valence-electron chi connectivity index (χ1n) is 7.06. The van der Waals surface area contributed by atoms with Crippen LogP contribution in [0.3, 0.4) is 0 Å². The molecule has 1 fully saturated rings. The van der Waals surface area contributed by atoms with Gasteiger partial charge in [0.15, 0.2) is 0 Å². The predicted molar refractivity (Wildman–Crippen MR) is 80.0 cm³/mol. The van der Waals surface area contributed by atoms with Crippen LogP contribution in [0.2, 0.25) is 0 Å². The summed E-state index contributed by atoms with van der Waals surface area (Å²) in [5, 5.41) is 2.98. The Morgan fingerprint density at radius 1 is 1.25 bits per heavy atom. The van der Waals surface area contributed by atoms with Crippen LogP contribution >= 0.6 is 11.7 Å². The van der Waals surface area contributed by atoms with E-state index in [1.54, 1.807) is 6.07 Å². The van der Waals surface area contributed by atoms with Crippen molar-refractivity contribution in [3.63, 3.8) is 0 Å². The van der Waals surface area contributed by atoms with Gasteiger partial charge in [0.1, 0.15) is 11.0 Å². The molecule has 3 rings (SSSR count). The van der Waals surface area contributed by atoms with Gasteiger partial charge in [0.05, 0.1) is 17.3 Å². The molecule has 1 aromatic heterocycles. The van der Waals surface area contributed by atoms with E-state index in [0.29, 0.717) is 17.6 Å². The molecular weight excluding hydrogens is 272 g/mol. The summed E-state index contributed by atoms with van der Waals surface area (Å²) in [5.41, 5.74) is 2.11. The molecule has 0 aliphatic carbocycles. The first kappa shape index (κ1) is 13.5. The lowest BCUT2D eigenvalue weighted by Crippen LogP contribution is -2.37. The van der Waals surface area contributed by atoms with Crippen molar-refractivity contribution >= 4 is 28.7 Å². The highest BCUT2D eigenvalue weighted by Crippen LogP contribution is 2.16. The van der Waals surface area contributed by atoms with Crippen LogP contribution in [0.5, 0.6) is 0 Å². The molecule has 6 heteroatoms. The number of benzene rings is 1. The van der Waals surface area contributed by atoms with Crippen molar-refractivity contribution in [2.24, 2.45) is 0 Å². The Bertz CT molecular complexity index is 592. The number of hydrogen-bond acceptors (Lipinski definition) is 5. The van der Waals surface area contributed by atoms with Crippen LogP contribution < -0.4 is 5.32 Å². The van der Waals surface area contributed by atoms with Crippen LogP contribution in [0, 0.1) is 0 Å². The van der Waals surface area contributed by atoms with Gasteiger partial charge in [0, 0.05) is 13.1 Å². The summed E-state index contributed by atoms with van der Waals surface area (Å²) in [5.74, 6) is -0.0553. The molecule has 1 aliphatic rings. The number of hydrogen-bond donors (Lipinski definition) is 1. The maximum atomic E-state index is 12.2. The van der Waals surface area contributed by atoms with Crippen molar-refractivity contribution < 1.29 is 4.79 Å². The minimum Gasteiger partial charge on any atom is -0.351 e. The van der Waals surface area contributed by atoms with E-state index in [1.807, 2.05) is 12.1 Å². The lowest BCUT2D eigenvalue weighted by Gasteiger charge is -2.26. The Morgan fingerprint density at radius 3 is 2.95 bits per heavy atom. The van der Waals surface area contributed by atoms with E-state index in [4.69, 9.17) is 0 Å². The van der Waals surface area contributed by atoms with Crippen LogP contribution in [0.25, 0.3) is 11.0 Å². The van der Waals surface area contributed by atoms with E-state index in [2.05, 4.69) is 19.0 Å². The fourth-order valence-corrected chi connectivity index (χ4v) is 3.14. The van der Waals surface area contributed by atoms with E-state index in [0.717, 1.165) is 36.9 Å². The minimum atomic E-state index is -0.0553. The maximum absolute atomic E-state index is 12.2. The van der Waals surface area contributed by atoms with Crippen molar-refractivity contribution in [1.29, 1.82) is 0 Å². The lowest BCUT2D eigenvalue weighted by molar-refractivity contribution is 0.0948. The van der Waals surface area contributed by atoms with Gasteiger partial charge in [0.2, 0.25) is 0 Å². The summed E-state index contributed by atoms with van der Waals surface area (Å²) >= 11 is 1.14. The van der Waals surface area contributed by atoms with Gasteiger partial charge < -0.3 is 10.2 Å². The van der Waals surface area contributed by atoms with Crippen LogP contribution in [0.15, 0.2) is 18.2 Å². The van der Waals surface area contributed by atoms with Crippen LogP contribution in [-0.4, -0.2) is 45.7 Å². The Labute approximate surface area is 122 Å². The predicted octanol–water partition coefficient (Wildman–Crippen LogP) is 1.91. The van der Waals surface area contributed by atoms with Gasteiger partial charge in [-0.05, 0) is 38.1 Å². The third-order valence-corrected chi connectivity index (χ3v) is 4.24. The number of amides is 1. The summed E-state index contributed by atoms with van der Waals surface area (Å²) in [6.07, 6.45) is 3.89. The lowest BCUT2D eigenvalue weighted by atomic mass is 10.1. The van der Waals surface area contributed by atoms with Crippen LogP contribution in [0.4, 0.5) is 0 Å². The second-order valence-electron chi connectivity index (χ2n) is 5.10. The molecule has 2 heterocycles. The number of likely N-dealkylation sites (tertiary alicyclic amines) is 1. The summed E-state index contributed by atoms with van der Waals surface area (Å²) in [4.78, 5) is 14.6. The fraction of sp³-hybridized carbons (Fsp3) is 0.500. The van der Waals surface area contributed by atoms with Gasteiger partial charge in [-0.1, -0.05) is 12.5 Å². The number of carbonyl (C=O) groups excluding carboxylic acids is 1. The van der Waals surface area contributed by atoms with Crippen molar-refractivity contribution in [2.45, 2.75) is 19.3 Å². The minimum absolute atomic E-state index is 0.0553. The van der Waals surface area contributed by atoms with Crippen molar-refractivity contribution in [1.82, 2.24) is 19.0 Å².